The van der Waals surface area contributed by atoms with Gasteiger partial charge in [0.2, 0.25) is 0 Å². The molecule has 1 fully saturated rings. The third-order valence-corrected chi connectivity index (χ3v) is 3.49. The Labute approximate surface area is 75.4 Å². The van der Waals surface area contributed by atoms with E-state index < -0.39 is 0 Å². The maximum atomic E-state index is 2.63. The average Bonchev–Trinajstić information content (AvgIpc) is 2.18. The second-order valence-electron chi connectivity index (χ2n) is 4.13. The Hall–Kier alpha value is -0.300. The van der Waals surface area contributed by atoms with Gasteiger partial charge in [-0.2, -0.15) is 0 Å². The lowest BCUT2D eigenvalue weighted by molar-refractivity contribution is 0.0868. The lowest BCUT2D eigenvalue weighted by Gasteiger charge is -2.46. The molecule has 68 valence electrons. The molecule has 0 saturated carbocycles. The van der Waals surface area contributed by atoms with Crippen molar-refractivity contribution in [2.75, 3.05) is 13.1 Å². The fraction of sp³-hybridized carbons (Fsp3) is 0.818. The minimum absolute atomic E-state index is 0.769. The molecule has 0 radical (unpaired) electrons. The van der Waals surface area contributed by atoms with E-state index in [1.165, 1.54) is 25.9 Å². The number of fused-ring (bicyclic) bond motifs is 2. The smallest absolute Gasteiger partial charge is 0.0306 e. The van der Waals surface area contributed by atoms with Crippen molar-refractivity contribution in [3.05, 3.63) is 12.2 Å². The Balaban J connectivity index is 2.13. The first-order chi connectivity index (χ1) is 5.85. The Morgan fingerprint density at radius 3 is 2.75 bits per heavy atom. The van der Waals surface area contributed by atoms with Gasteiger partial charge in [-0.1, -0.05) is 32.4 Å². The van der Waals surface area contributed by atoms with Gasteiger partial charge in [-0.05, 0) is 24.8 Å². The largest absolute Gasteiger partial charge is 0.296 e. The van der Waals surface area contributed by atoms with Gasteiger partial charge in [0.05, 0.1) is 0 Å². The van der Waals surface area contributed by atoms with E-state index in [1.807, 2.05) is 0 Å². The summed E-state index contributed by atoms with van der Waals surface area (Å²) < 4.78 is 0. The van der Waals surface area contributed by atoms with Gasteiger partial charge in [0, 0.05) is 12.6 Å². The Kier molecular flexibility index (Phi) is 2.22. The number of rotatable bonds is 2. The Morgan fingerprint density at radius 1 is 1.33 bits per heavy atom. The number of nitrogens with zero attached hydrogens (tertiary/aromatic N) is 1. The fourth-order valence-electron chi connectivity index (χ4n) is 2.76. The predicted molar refractivity (Wildman–Crippen MR) is 52.1 cm³/mol. The van der Waals surface area contributed by atoms with Crippen LogP contribution in [-0.4, -0.2) is 24.0 Å². The van der Waals surface area contributed by atoms with Crippen molar-refractivity contribution in [3.8, 4) is 0 Å². The molecular formula is C11H19N. The molecule has 3 rings (SSSR count). The third kappa shape index (κ3) is 1.20. The number of hydrogen-bond donors (Lipinski definition) is 0. The molecule has 0 aromatic rings. The van der Waals surface area contributed by atoms with Crippen LogP contribution in [0.15, 0.2) is 12.2 Å². The first-order valence-electron chi connectivity index (χ1n) is 5.27. The van der Waals surface area contributed by atoms with Gasteiger partial charge >= 0.3 is 0 Å². The van der Waals surface area contributed by atoms with E-state index in [0.29, 0.717) is 0 Å². The molecule has 1 saturated heterocycles. The first kappa shape index (κ1) is 8.31. The Bertz CT molecular complexity index is 171. The van der Waals surface area contributed by atoms with Crippen molar-refractivity contribution in [2.24, 2.45) is 11.8 Å². The first-order valence-corrected chi connectivity index (χ1v) is 5.27. The van der Waals surface area contributed by atoms with Gasteiger partial charge in [-0.15, -0.1) is 0 Å². The van der Waals surface area contributed by atoms with Crippen LogP contribution in [0, 0.1) is 11.8 Å². The van der Waals surface area contributed by atoms with Crippen molar-refractivity contribution in [1.29, 1.82) is 0 Å². The van der Waals surface area contributed by atoms with Crippen LogP contribution in [0.25, 0.3) is 0 Å². The topological polar surface area (TPSA) is 3.24 Å². The molecule has 2 aliphatic heterocycles. The highest BCUT2D eigenvalue weighted by Gasteiger charge is 2.35. The molecule has 1 aliphatic carbocycles. The molecule has 0 aromatic heterocycles. The van der Waals surface area contributed by atoms with Crippen LogP contribution in [0.5, 0.6) is 0 Å². The lowest BCUT2D eigenvalue weighted by atomic mass is 9.76. The molecule has 0 spiro atoms. The molecular weight excluding hydrogens is 146 g/mol. The summed E-state index contributed by atoms with van der Waals surface area (Å²) in [6, 6.07) is 0.769. The van der Waals surface area contributed by atoms with E-state index in [9.17, 15) is 0 Å². The summed E-state index contributed by atoms with van der Waals surface area (Å²) in [6.45, 7) is 7.14. The summed E-state index contributed by atoms with van der Waals surface area (Å²) in [6.07, 6.45) is 7.66. The van der Waals surface area contributed by atoms with E-state index in [-0.39, 0.29) is 0 Å². The maximum Gasteiger partial charge on any atom is 0.0306 e. The second kappa shape index (κ2) is 3.21. The van der Waals surface area contributed by atoms with E-state index >= 15 is 0 Å². The van der Waals surface area contributed by atoms with E-state index in [0.717, 1.165) is 17.9 Å². The zero-order valence-electron chi connectivity index (χ0n) is 8.16. The van der Waals surface area contributed by atoms with Crippen LogP contribution in [0.2, 0.25) is 0 Å². The summed E-state index contributed by atoms with van der Waals surface area (Å²) in [5.41, 5.74) is 0. The molecule has 2 bridgehead atoms. The standard InChI is InChI=1S/C11H19N/c1-3-10-7-9-5-6-11(10)12(4-2)8-9/h5-6,9-11H,3-4,7-8H2,1-2H3. The van der Waals surface area contributed by atoms with Crippen molar-refractivity contribution in [1.82, 2.24) is 4.90 Å². The minimum atomic E-state index is 0.769. The molecule has 3 atom stereocenters. The van der Waals surface area contributed by atoms with Gasteiger partial charge in [-0.25, -0.2) is 0 Å². The van der Waals surface area contributed by atoms with Gasteiger partial charge in [0.1, 0.15) is 0 Å². The predicted octanol–water partition coefficient (Wildman–Crippen LogP) is 2.29. The normalized spacial score (nSPS) is 40.7. The van der Waals surface area contributed by atoms with Crippen LogP contribution < -0.4 is 0 Å². The van der Waals surface area contributed by atoms with Crippen molar-refractivity contribution in [2.45, 2.75) is 32.7 Å². The molecule has 2 heterocycles. The summed E-state index contributed by atoms with van der Waals surface area (Å²) in [5.74, 6) is 1.80. The van der Waals surface area contributed by atoms with E-state index in [2.05, 4.69) is 30.9 Å². The maximum absolute atomic E-state index is 2.63. The molecule has 1 heteroatoms. The lowest BCUT2D eigenvalue weighted by Crippen LogP contribution is -2.49. The van der Waals surface area contributed by atoms with Crippen LogP contribution >= 0.6 is 0 Å². The molecule has 3 aliphatic rings. The summed E-state index contributed by atoms with van der Waals surface area (Å²) in [4.78, 5) is 2.63. The van der Waals surface area contributed by atoms with Gasteiger partial charge in [0.15, 0.2) is 0 Å². The second-order valence-corrected chi connectivity index (χ2v) is 4.13. The van der Waals surface area contributed by atoms with Gasteiger partial charge < -0.3 is 0 Å². The summed E-state index contributed by atoms with van der Waals surface area (Å²) in [7, 11) is 0. The molecule has 1 nitrogen and oxygen atoms in total. The zero-order valence-corrected chi connectivity index (χ0v) is 8.16. The third-order valence-electron chi connectivity index (χ3n) is 3.49. The average molecular weight is 165 g/mol. The summed E-state index contributed by atoms with van der Waals surface area (Å²) >= 11 is 0. The number of likely N-dealkylation sites (N-methyl/N-ethyl adjacent to an activating group) is 1. The quantitative estimate of drug-likeness (QED) is 0.567. The highest BCUT2D eigenvalue weighted by atomic mass is 15.2. The van der Waals surface area contributed by atoms with E-state index in [4.69, 9.17) is 0 Å². The van der Waals surface area contributed by atoms with Crippen LogP contribution in [0.1, 0.15) is 26.7 Å². The molecule has 0 N–H and O–H groups in total. The highest BCUT2D eigenvalue weighted by Crippen LogP contribution is 2.35. The van der Waals surface area contributed by atoms with Crippen molar-refractivity contribution in [3.63, 3.8) is 0 Å². The Morgan fingerprint density at radius 2 is 2.17 bits per heavy atom. The van der Waals surface area contributed by atoms with Gasteiger partial charge in [-0.3, -0.25) is 4.90 Å². The fourth-order valence-corrected chi connectivity index (χ4v) is 2.76. The molecule has 3 unspecified atom stereocenters. The van der Waals surface area contributed by atoms with Crippen molar-refractivity contribution >= 4 is 0 Å². The number of hydrogen-bond acceptors (Lipinski definition) is 1. The molecule has 0 amide bonds. The molecule has 0 aromatic carbocycles. The van der Waals surface area contributed by atoms with E-state index in [1.54, 1.807) is 0 Å². The van der Waals surface area contributed by atoms with Crippen LogP contribution in [0.3, 0.4) is 0 Å². The van der Waals surface area contributed by atoms with Gasteiger partial charge in [0.25, 0.3) is 0 Å². The minimum Gasteiger partial charge on any atom is -0.296 e. The monoisotopic (exact) mass is 165 g/mol. The zero-order chi connectivity index (χ0) is 8.55. The van der Waals surface area contributed by atoms with Crippen LogP contribution in [0.4, 0.5) is 0 Å². The molecule has 12 heavy (non-hydrogen) atoms. The van der Waals surface area contributed by atoms with Crippen LogP contribution in [-0.2, 0) is 0 Å². The summed E-state index contributed by atoms with van der Waals surface area (Å²) in [5, 5.41) is 0. The highest BCUT2D eigenvalue weighted by molar-refractivity contribution is 5.11. The SMILES string of the molecule is CCC1CC2C=CC1N(CC)C2. The van der Waals surface area contributed by atoms with Crippen molar-refractivity contribution < 1.29 is 0 Å². The number of piperidine rings is 1.